The molecule has 82 valence electrons. The van der Waals surface area contributed by atoms with Crippen LogP contribution in [-0.4, -0.2) is 5.78 Å². The molecule has 0 spiro atoms. The van der Waals surface area contributed by atoms with Crippen LogP contribution < -0.4 is 0 Å². The third kappa shape index (κ3) is 3.63. The predicted octanol–water partition coefficient (Wildman–Crippen LogP) is 3.64. The van der Waals surface area contributed by atoms with Crippen LogP contribution in [0.3, 0.4) is 0 Å². The van der Waals surface area contributed by atoms with Gasteiger partial charge in [-0.2, -0.15) is 0 Å². The highest BCUT2D eigenvalue weighted by Gasteiger charge is 2.08. The molecule has 1 aromatic rings. The van der Waals surface area contributed by atoms with Gasteiger partial charge in [0.1, 0.15) is 11.6 Å². The van der Waals surface area contributed by atoms with E-state index in [1.807, 2.05) is 13.8 Å². The van der Waals surface area contributed by atoms with Gasteiger partial charge in [0.2, 0.25) is 0 Å². The van der Waals surface area contributed by atoms with Crippen molar-refractivity contribution in [2.45, 2.75) is 26.7 Å². The molecule has 15 heavy (non-hydrogen) atoms. The summed E-state index contributed by atoms with van der Waals surface area (Å²) in [6, 6.07) is 4.65. The molecule has 0 aliphatic heterocycles. The van der Waals surface area contributed by atoms with Gasteiger partial charge in [0.15, 0.2) is 0 Å². The van der Waals surface area contributed by atoms with Crippen molar-refractivity contribution in [3.05, 3.63) is 34.6 Å². The Morgan fingerprint density at radius 1 is 1.47 bits per heavy atom. The van der Waals surface area contributed by atoms with Gasteiger partial charge in [-0.25, -0.2) is 4.39 Å². The van der Waals surface area contributed by atoms with E-state index in [2.05, 4.69) is 0 Å². The summed E-state index contributed by atoms with van der Waals surface area (Å²) in [6.45, 7) is 3.73. The molecule has 0 aliphatic carbocycles. The van der Waals surface area contributed by atoms with Crippen molar-refractivity contribution in [1.29, 1.82) is 0 Å². The summed E-state index contributed by atoms with van der Waals surface area (Å²) in [4.78, 5) is 11.3. The van der Waals surface area contributed by atoms with Crippen LogP contribution in [0.15, 0.2) is 18.2 Å². The zero-order chi connectivity index (χ0) is 11.4. The molecule has 1 nitrogen and oxygen atoms in total. The van der Waals surface area contributed by atoms with Crippen LogP contribution in [0.4, 0.5) is 4.39 Å². The molecule has 0 saturated heterocycles. The van der Waals surface area contributed by atoms with Gasteiger partial charge in [-0.05, 0) is 24.1 Å². The number of rotatable bonds is 4. The smallest absolute Gasteiger partial charge is 0.142 e. The molecule has 0 amide bonds. The molecule has 0 N–H and O–H groups in total. The molecule has 1 rings (SSSR count). The Bertz CT molecular complexity index is 361. The molecule has 0 radical (unpaired) electrons. The van der Waals surface area contributed by atoms with Gasteiger partial charge in [-0.3, -0.25) is 4.79 Å². The number of Topliss-reactive ketones (excluding diaryl/α,β-unsaturated/α-hetero) is 1. The van der Waals surface area contributed by atoms with E-state index in [-0.39, 0.29) is 16.7 Å². The Morgan fingerprint density at radius 2 is 2.13 bits per heavy atom. The topological polar surface area (TPSA) is 17.1 Å². The number of halogens is 2. The van der Waals surface area contributed by atoms with Gasteiger partial charge >= 0.3 is 0 Å². The zero-order valence-corrected chi connectivity index (χ0v) is 9.64. The molecular weight excluding hydrogens is 215 g/mol. The summed E-state index contributed by atoms with van der Waals surface area (Å²) in [5.74, 6) is -0.182. The van der Waals surface area contributed by atoms with E-state index < -0.39 is 5.82 Å². The summed E-state index contributed by atoms with van der Waals surface area (Å²) in [5.41, 5.74) is 0.811. The first-order valence-corrected chi connectivity index (χ1v) is 5.35. The third-order valence-electron chi connectivity index (χ3n) is 2.29. The van der Waals surface area contributed by atoms with Crippen molar-refractivity contribution in [1.82, 2.24) is 0 Å². The molecule has 0 fully saturated rings. The average molecular weight is 229 g/mol. The SMILES string of the molecule is CC(C)C(=O)CCc1ccc(Cl)c(F)c1. The van der Waals surface area contributed by atoms with Crippen molar-refractivity contribution >= 4 is 17.4 Å². The van der Waals surface area contributed by atoms with E-state index in [1.165, 1.54) is 12.1 Å². The van der Waals surface area contributed by atoms with Crippen LogP contribution in [0.25, 0.3) is 0 Å². The summed E-state index contributed by atoms with van der Waals surface area (Å²) in [6.07, 6.45) is 1.03. The maximum absolute atomic E-state index is 13.0. The number of carbonyl (C=O) groups is 1. The third-order valence-corrected chi connectivity index (χ3v) is 2.59. The number of ketones is 1. The maximum atomic E-state index is 13.0. The predicted molar refractivity (Wildman–Crippen MR) is 59.6 cm³/mol. The van der Waals surface area contributed by atoms with Crippen molar-refractivity contribution in [2.24, 2.45) is 5.92 Å². The normalized spacial score (nSPS) is 10.7. The number of hydrogen-bond acceptors (Lipinski definition) is 1. The highest BCUT2D eigenvalue weighted by atomic mass is 35.5. The lowest BCUT2D eigenvalue weighted by Gasteiger charge is -2.04. The Morgan fingerprint density at radius 3 is 2.67 bits per heavy atom. The summed E-state index contributed by atoms with van der Waals surface area (Å²) >= 11 is 5.55. The lowest BCUT2D eigenvalue weighted by Crippen LogP contribution is -2.07. The Kier molecular flexibility index (Phi) is 4.28. The number of aryl methyl sites for hydroxylation is 1. The van der Waals surface area contributed by atoms with Crippen LogP contribution in [0.5, 0.6) is 0 Å². The van der Waals surface area contributed by atoms with Crippen molar-refractivity contribution in [3.63, 3.8) is 0 Å². The first-order valence-electron chi connectivity index (χ1n) is 4.97. The van der Waals surface area contributed by atoms with Crippen molar-refractivity contribution in [2.75, 3.05) is 0 Å². The van der Waals surface area contributed by atoms with Gasteiger partial charge < -0.3 is 0 Å². The van der Waals surface area contributed by atoms with E-state index in [0.717, 1.165) is 5.56 Å². The zero-order valence-electron chi connectivity index (χ0n) is 8.89. The molecular formula is C12H14ClFO. The van der Waals surface area contributed by atoms with Crippen LogP contribution in [0.1, 0.15) is 25.8 Å². The van der Waals surface area contributed by atoms with E-state index in [1.54, 1.807) is 6.07 Å². The molecule has 0 heterocycles. The van der Waals surface area contributed by atoms with E-state index >= 15 is 0 Å². The molecule has 0 aromatic heterocycles. The highest BCUT2D eigenvalue weighted by molar-refractivity contribution is 6.30. The fraction of sp³-hybridized carbons (Fsp3) is 0.417. The van der Waals surface area contributed by atoms with Gasteiger partial charge in [-0.15, -0.1) is 0 Å². The Balaban J connectivity index is 2.58. The summed E-state index contributed by atoms with van der Waals surface area (Å²) in [7, 11) is 0. The van der Waals surface area contributed by atoms with E-state index in [9.17, 15) is 9.18 Å². The summed E-state index contributed by atoms with van der Waals surface area (Å²) < 4.78 is 13.0. The van der Waals surface area contributed by atoms with Gasteiger partial charge in [0.25, 0.3) is 0 Å². The molecule has 1 aromatic carbocycles. The lowest BCUT2D eigenvalue weighted by molar-refractivity contribution is -0.121. The number of benzene rings is 1. The monoisotopic (exact) mass is 228 g/mol. The minimum absolute atomic E-state index is 0.0437. The highest BCUT2D eigenvalue weighted by Crippen LogP contribution is 2.17. The number of hydrogen-bond donors (Lipinski definition) is 0. The largest absolute Gasteiger partial charge is 0.299 e. The molecule has 0 aliphatic rings. The van der Waals surface area contributed by atoms with E-state index in [0.29, 0.717) is 12.8 Å². The fourth-order valence-electron chi connectivity index (χ4n) is 1.25. The van der Waals surface area contributed by atoms with Crippen LogP contribution in [0, 0.1) is 11.7 Å². The minimum atomic E-state index is -0.425. The Hall–Kier alpha value is -0.890. The molecule has 0 saturated carbocycles. The first-order chi connectivity index (χ1) is 7.00. The maximum Gasteiger partial charge on any atom is 0.142 e. The standard InChI is InChI=1S/C12H14ClFO/c1-8(2)12(15)6-4-9-3-5-10(13)11(14)7-9/h3,5,7-8H,4,6H2,1-2H3. The van der Waals surface area contributed by atoms with Crippen molar-refractivity contribution < 1.29 is 9.18 Å². The molecule has 0 unspecified atom stereocenters. The molecule has 0 atom stereocenters. The van der Waals surface area contributed by atoms with Gasteiger partial charge in [0, 0.05) is 12.3 Å². The second kappa shape index (κ2) is 5.26. The molecule has 0 bridgehead atoms. The fourth-order valence-corrected chi connectivity index (χ4v) is 1.37. The lowest BCUT2D eigenvalue weighted by atomic mass is 10.0. The minimum Gasteiger partial charge on any atom is -0.299 e. The molecule has 3 heteroatoms. The van der Waals surface area contributed by atoms with Crippen LogP contribution in [0.2, 0.25) is 5.02 Å². The van der Waals surface area contributed by atoms with Gasteiger partial charge in [0.05, 0.1) is 5.02 Å². The number of carbonyl (C=O) groups excluding carboxylic acids is 1. The second-order valence-corrected chi connectivity index (χ2v) is 4.28. The van der Waals surface area contributed by atoms with Crippen LogP contribution in [-0.2, 0) is 11.2 Å². The quantitative estimate of drug-likeness (QED) is 0.769. The second-order valence-electron chi connectivity index (χ2n) is 3.87. The first kappa shape index (κ1) is 12.2. The Labute approximate surface area is 94.3 Å². The van der Waals surface area contributed by atoms with Gasteiger partial charge in [-0.1, -0.05) is 31.5 Å². The van der Waals surface area contributed by atoms with Crippen molar-refractivity contribution in [3.8, 4) is 0 Å². The van der Waals surface area contributed by atoms with E-state index in [4.69, 9.17) is 11.6 Å². The summed E-state index contributed by atoms with van der Waals surface area (Å²) in [5, 5.41) is 0.119. The van der Waals surface area contributed by atoms with Crippen LogP contribution >= 0.6 is 11.6 Å². The average Bonchev–Trinajstić information content (AvgIpc) is 2.19.